The predicted molar refractivity (Wildman–Crippen MR) is 114 cm³/mol. The van der Waals surface area contributed by atoms with Crippen LogP contribution in [0.3, 0.4) is 0 Å². The van der Waals surface area contributed by atoms with Crippen LogP contribution >= 0.6 is 7.26 Å². The molecule has 0 bridgehead atoms. The van der Waals surface area contributed by atoms with E-state index >= 15 is 0 Å². The highest BCUT2D eigenvalue weighted by Crippen LogP contribution is 2.59. The molecule has 0 aromatic heterocycles. The Morgan fingerprint density at radius 2 is 0.696 bits per heavy atom. The molecular weight excluding hydrogens is 295 g/mol. The predicted octanol–water partition coefficient (Wildman–Crippen LogP) is 8.55. The third-order valence-corrected chi connectivity index (χ3v) is 11.0. The number of hydrogen-bond acceptors (Lipinski definition) is 0. The van der Waals surface area contributed by atoms with E-state index < -0.39 is 7.26 Å². The molecule has 0 nitrogen and oxygen atoms in total. The molecule has 0 saturated carbocycles. The van der Waals surface area contributed by atoms with Crippen LogP contribution in [-0.2, 0) is 0 Å². The molecule has 0 rings (SSSR count). The maximum Gasteiger partial charge on any atom is 0.0594 e. The Morgan fingerprint density at radius 1 is 0.391 bits per heavy atom. The fourth-order valence-corrected chi connectivity index (χ4v) is 7.50. The molecule has 1 heteroatoms. The molecular formula is C22H48P+. The van der Waals surface area contributed by atoms with Crippen LogP contribution < -0.4 is 0 Å². The first-order chi connectivity index (χ1) is 11.2. The molecule has 0 radical (unpaired) electrons. The van der Waals surface area contributed by atoms with Crippen LogP contribution in [0.4, 0.5) is 0 Å². The van der Waals surface area contributed by atoms with E-state index in [2.05, 4.69) is 27.7 Å². The lowest BCUT2D eigenvalue weighted by atomic mass is 10.1. The smallest absolute Gasteiger partial charge is 0.0594 e. The van der Waals surface area contributed by atoms with E-state index in [4.69, 9.17) is 0 Å². The lowest BCUT2D eigenvalue weighted by Crippen LogP contribution is -2.09. The summed E-state index contributed by atoms with van der Waals surface area (Å²) in [6.45, 7) is 9.59. The van der Waals surface area contributed by atoms with Crippen molar-refractivity contribution in [3.05, 3.63) is 0 Å². The Kier molecular flexibility index (Phi) is 17.6. The highest BCUT2D eigenvalue weighted by Gasteiger charge is 2.31. The molecule has 0 fully saturated rings. The molecule has 0 aromatic carbocycles. The largest absolute Gasteiger partial charge is 0.0654 e. The fourth-order valence-electron chi connectivity index (χ4n) is 3.78. The van der Waals surface area contributed by atoms with Crippen molar-refractivity contribution in [1.29, 1.82) is 0 Å². The third kappa shape index (κ3) is 13.4. The van der Waals surface area contributed by atoms with Crippen molar-refractivity contribution in [2.45, 2.75) is 118 Å². The zero-order valence-corrected chi connectivity index (χ0v) is 18.1. The van der Waals surface area contributed by atoms with Gasteiger partial charge in [0, 0.05) is 7.26 Å². The number of unbranched alkanes of at least 4 members (excludes halogenated alkanes) is 12. The van der Waals surface area contributed by atoms with Gasteiger partial charge in [0.2, 0.25) is 0 Å². The summed E-state index contributed by atoms with van der Waals surface area (Å²) < 4.78 is 0. The summed E-state index contributed by atoms with van der Waals surface area (Å²) in [5, 5.41) is 0. The number of hydrogen-bond donors (Lipinski definition) is 0. The van der Waals surface area contributed by atoms with Crippen LogP contribution in [-0.4, -0.2) is 24.6 Å². The van der Waals surface area contributed by atoms with Crippen molar-refractivity contribution in [3.63, 3.8) is 0 Å². The van der Waals surface area contributed by atoms with Gasteiger partial charge in [-0.25, -0.2) is 0 Å². The van der Waals surface area contributed by atoms with Gasteiger partial charge in [0.25, 0.3) is 0 Å². The van der Waals surface area contributed by atoms with Gasteiger partial charge in [-0.3, -0.25) is 0 Å². The van der Waals surface area contributed by atoms with E-state index in [1.807, 2.05) is 0 Å². The first-order valence-electron chi connectivity index (χ1n) is 11.1. The molecule has 0 aromatic rings. The van der Waals surface area contributed by atoms with E-state index in [9.17, 15) is 0 Å². The lowest BCUT2D eigenvalue weighted by molar-refractivity contribution is 0.562. The molecule has 0 heterocycles. The second-order valence-corrected chi connectivity index (χ2v) is 12.5. The lowest BCUT2D eigenvalue weighted by Gasteiger charge is -2.25. The zero-order valence-electron chi connectivity index (χ0n) is 17.2. The molecule has 0 aliphatic carbocycles. The van der Waals surface area contributed by atoms with Gasteiger partial charge in [0.05, 0.1) is 24.6 Å². The minimum absolute atomic E-state index is 0.572. The maximum atomic E-state index is 2.48. The van der Waals surface area contributed by atoms with Crippen molar-refractivity contribution in [3.8, 4) is 0 Å². The van der Waals surface area contributed by atoms with E-state index in [0.717, 1.165) is 0 Å². The summed E-state index contributed by atoms with van der Waals surface area (Å²) in [7, 11) is -0.572. The van der Waals surface area contributed by atoms with Crippen molar-refractivity contribution < 1.29 is 0 Å². The molecule has 0 aliphatic rings. The van der Waals surface area contributed by atoms with Crippen LogP contribution in [0.5, 0.6) is 0 Å². The second-order valence-electron chi connectivity index (χ2n) is 7.66. The number of rotatable bonds is 18. The Hall–Kier alpha value is 0.430. The zero-order chi connectivity index (χ0) is 17.2. The van der Waals surface area contributed by atoms with Crippen molar-refractivity contribution >= 4 is 7.26 Å². The molecule has 140 valence electrons. The Bertz CT molecular complexity index is 220. The molecule has 23 heavy (non-hydrogen) atoms. The van der Waals surface area contributed by atoms with Crippen LogP contribution in [0, 0.1) is 0 Å². The monoisotopic (exact) mass is 343 g/mol. The summed E-state index contributed by atoms with van der Waals surface area (Å²) in [5.74, 6) is 0. The highest BCUT2D eigenvalue weighted by atomic mass is 31.2. The van der Waals surface area contributed by atoms with Gasteiger partial charge < -0.3 is 0 Å². The van der Waals surface area contributed by atoms with Crippen LogP contribution in [0.2, 0.25) is 0 Å². The van der Waals surface area contributed by atoms with Gasteiger partial charge in [-0.15, -0.1) is 0 Å². The van der Waals surface area contributed by atoms with Gasteiger partial charge in [-0.1, -0.05) is 78.1 Å². The Morgan fingerprint density at radius 3 is 1.04 bits per heavy atom. The van der Waals surface area contributed by atoms with Crippen molar-refractivity contribution in [2.24, 2.45) is 0 Å². The SMILES string of the molecule is CCCCCCCCCCCC[P+](CC)(CC)CCCCCC. The first kappa shape index (κ1) is 23.4. The van der Waals surface area contributed by atoms with E-state index in [0.29, 0.717) is 0 Å². The van der Waals surface area contributed by atoms with Crippen molar-refractivity contribution in [1.82, 2.24) is 0 Å². The van der Waals surface area contributed by atoms with Gasteiger partial charge >= 0.3 is 0 Å². The summed E-state index contributed by atoms with van der Waals surface area (Å²) in [6.07, 6.45) is 26.8. The van der Waals surface area contributed by atoms with Gasteiger partial charge in [0.1, 0.15) is 0 Å². The van der Waals surface area contributed by atoms with Gasteiger partial charge in [0.15, 0.2) is 0 Å². The van der Waals surface area contributed by atoms with E-state index in [1.165, 1.54) is 102 Å². The molecule has 0 atom stereocenters. The Labute approximate surface area is 149 Å². The van der Waals surface area contributed by atoms with Gasteiger partial charge in [-0.05, 0) is 39.5 Å². The van der Waals surface area contributed by atoms with E-state index in [-0.39, 0.29) is 0 Å². The molecule has 0 spiro atoms. The molecule has 0 unspecified atom stereocenters. The molecule has 0 N–H and O–H groups in total. The topological polar surface area (TPSA) is 0 Å². The average molecular weight is 344 g/mol. The van der Waals surface area contributed by atoms with Gasteiger partial charge in [-0.2, -0.15) is 0 Å². The minimum Gasteiger partial charge on any atom is -0.0654 e. The minimum atomic E-state index is -0.572. The second kappa shape index (κ2) is 17.3. The highest BCUT2D eigenvalue weighted by molar-refractivity contribution is 7.75. The Balaban J connectivity index is 3.63. The molecule has 0 aliphatic heterocycles. The summed E-state index contributed by atoms with van der Waals surface area (Å²) in [5.41, 5.74) is 0. The third-order valence-electron chi connectivity index (χ3n) is 5.81. The standard InChI is InChI=1S/C22H48P/c1-5-9-11-13-14-15-16-17-18-20-22-23(7-3,8-4)21-19-12-10-6-2/h5-22H2,1-4H3/q+1. The molecule has 0 saturated heterocycles. The average Bonchev–Trinajstić information content (AvgIpc) is 2.58. The summed E-state index contributed by atoms with van der Waals surface area (Å²) in [6, 6.07) is 0. The van der Waals surface area contributed by atoms with Crippen LogP contribution in [0.1, 0.15) is 118 Å². The van der Waals surface area contributed by atoms with Crippen LogP contribution in [0.25, 0.3) is 0 Å². The van der Waals surface area contributed by atoms with Crippen molar-refractivity contribution in [2.75, 3.05) is 24.6 Å². The van der Waals surface area contributed by atoms with E-state index in [1.54, 1.807) is 12.3 Å². The quantitative estimate of drug-likeness (QED) is 0.173. The summed E-state index contributed by atoms with van der Waals surface area (Å²) in [4.78, 5) is 0. The molecule has 0 amide bonds. The normalized spacial score (nSPS) is 12.0. The summed E-state index contributed by atoms with van der Waals surface area (Å²) >= 11 is 0. The first-order valence-corrected chi connectivity index (χ1v) is 13.6. The fraction of sp³-hybridized carbons (Fsp3) is 1.00. The van der Waals surface area contributed by atoms with Crippen LogP contribution in [0.15, 0.2) is 0 Å². The maximum absolute atomic E-state index is 2.48.